The van der Waals surface area contributed by atoms with Crippen molar-refractivity contribution >= 4 is 25.8 Å². The fraction of sp³-hybridized carbons (Fsp3) is 0.500. The maximum absolute atomic E-state index is 12.3. The van der Waals surface area contributed by atoms with Crippen molar-refractivity contribution in [2.75, 3.05) is 19.3 Å². The number of nitrogens with one attached hydrogen (secondary N) is 1. The summed E-state index contributed by atoms with van der Waals surface area (Å²) < 4.78 is 49.7. The minimum atomic E-state index is -3.89. The number of sulfone groups is 1. The SMILES string of the molecule is C[C@@H](NS(=O)(=O)c1ccc(S(C)(=O)=O)cc1)C(=O)N1CCCC1. The molecule has 1 aromatic carbocycles. The fourth-order valence-electron chi connectivity index (χ4n) is 2.43. The Morgan fingerprint density at radius 1 is 1.04 bits per heavy atom. The molecule has 1 aromatic rings. The van der Waals surface area contributed by atoms with Gasteiger partial charge in [0.15, 0.2) is 9.84 Å². The zero-order valence-corrected chi connectivity index (χ0v) is 14.7. The molecule has 1 saturated heterocycles. The van der Waals surface area contributed by atoms with E-state index in [1.54, 1.807) is 4.90 Å². The lowest BCUT2D eigenvalue weighted by molar-refractivity contribution is -0.131. The van der Waals surface area contributed by atoms with Crippen LogP contribution in [0.25, 0.3) is 0 Å². The molecule has 0 unspecified atom stereocenters. The molecule has 1 N–H and O–H groups in total. The summed E-state index contributed by atoms with van der Waals surface area (Å²) in [5, 5.41) is 0. The second-order valence-electron chi connectivity index (χ2n) is 5.62. The highest BCUT2D eigenvalue weighted by Gasteiger charge is 2.27. The maximum Gasteiger partial charge on any atom is 0.241 e. The van der Waals surface area contributed by atoms with E-state index >= 15 is 0 Å². The third kappa shape index (κ3) is 4.30. The molecular formula is C14H20N2O5S2. The molecule has 1 fully saturated rings. The van der Waals surface area contributed by atoms with Crippen LogP contribution in [0.15, 0.2) is 34.1 Å². The number of hydrogen-bond donors (Lipinski definition) is 1. The average Bonchev–Trinajstić information content (AvgIpc) is 2.99. The second-order valence-corrected chi connectivity index (χ2v) is 9.35. The van der Waals surface area contributed by atoms with Gasteiger partial charge in [-0.05, 0) is 44.0 Å². The number of hydrogen-bond acceptors (Lipinski definition) is 5. The van der Waals surface area contributed by atoms with Crippen molar-refractivity contribution in [2.24, 2.45) is 0 Å². The van der Waals surface area contributed by atoms with E-state index in [0.29, 0.717) is 13.1 Å². The van der Waals surface area contributed by atoms with Crippen LogP contribution < -0.4 is 4.72 Å². The number of benzene rings is 1. The topological polar surface area (TPSA) is 101 Å². The van der Waals surface area contributed by atoms with E-state index in [1.807, 2.05) is 0 Å². The van der Waals surface area contributed by atoms with Crippen LogP contribution in [0.2, 0.25) is 0 Å². The largest absolute Gasteiger partial charge is 0.341 e. The molecule has 0 spiro atoms. The van der Waals surface area contributed by atoms with Gasteiger partial charge in [-0.1, -0.05) is 0 Å². The van der Waals surface area contributed by atoms with Gasteiger partial charge < -0.3 is 4.90 Å². The lowest BCUT2D eigenvalue weighted by atomic mass is 10.3. The smallest absolute Gasteiger partial charge is 0.241 e. The van der Waals surface area contributed by atoms with Gasteiger partial charge in [-0.25, -0.2) is 16.8 Å². The van der Waals surface area contributed by atoms with E-state index < -0.39 is 25.9 Å². The Kier molecular flexibility index (Phi) is 5.12. The normalized spacial score (nSPS) is 17.2. The van der Waals surface area contributed by atoms with Gasteiger partial charge in [-0.3, -0.25) is 4.79 Å². The summed E-state index contributed by atoms with van der Waals surface area (Å²) in [4.78, 5) is 13.8. The molecule has 0 aromatic heterocycles. The molecule has 0 radical (unpaired) electrons. The Morgan fingerprint density at radius 3 is 2.00 bits per heavy atom. The Bertz CT molecular complexity index is 779. The second kappa shape index (κ2) is 6.58. The summed E-state index contributed by atoms with van der Waals surface area (Å²) >= 11 is 0. The van der Waals surface area contributed by atoms with Gasteiger partial charge in [-0.2, -0.15) is 4.72 Å². The van der Waals surface area contributed by atoms with Crippen molar-refractivity contribution in [1.29, 1.82) is 0 Å². The number of amides is 1. The molecule has 0 bridgehead atoms. The Hall–Kier alpha value is -1.45. The first-order valence-corrected chi connectivity index (χ1v) is 10.6. The molecule has 1 aliphatic rings. The molecular weight excluding hydrogens is 340 g/mol. The lowest BCUT2D eigenvalue weighted by Crippen LogP contribution is -2.45. The number of carbonyl (C=O) groups is 1. The van der Waals surface area contributed by atoms with Crippen LogP contribution in [-0.2, 0) is 24.7 Å². The maximum atomic E-state index is 12.3. The monoisotopic (exact) mass is 360 g/mol. The minimum Gasteiger partial charge on any atom is -0.341 e. The molecule has 128 valence electrons. The predicted molar refractivity (Wildman–Crippen MR) is 85.1 cm³/mol. The van der Waals surface area contributed by atoms with E-state index in [9.17, 15) is 21.6 Å². The number of carbonyl (C=O) groups excluding carboxylic acids is 1. The highest BCUT2D eigenvalue weighted by molar-refractivity contribution is 7.90. The number of sulfonamides is 1. The standard InChI is InChI=1S/C14H20N2O5S2/c1-11(14(17)16-9-3-4-10-16)15-23(20,21)13-7-5-12(6-8-13)22(2,18)19/h5-8,11,15H,3-4,9-10H2,1-2H3/t11-/m1/s1. The summed E-state index contributed by atoms with van der Waals surface area (Å²) in [6, 6.07) is 4.03. The van der Waals surface area contributed by atoms with Crippen LogP contribution in [0.4, 0.5) is 0 Å². The summed E-state index contributed by atoms with van der Waals surface area (Å²) in [5.74, 6) is -0.251. The predicted octanol–water partition coefficient (Wildman–Crippen LogP) is 0.379. The van der Waals surface area contributed by atoms with Crippen molar-refractivity contribution in [1.82, 2.24) is 9.62 Å². The summed E-state index contributed by atoms with van der Waals surface area (Å²) in [6.07, 6.45) is 2.90. The van der Waals surface area contributed by atoms with Crippen LogP contribution in [0.5, 0.6) is 0 Å². The highest BCUT2D eigenvalue weighted by atomic mass is 32.2. The van der Waals surface area contributed by atoms with E-state index in [0.717, 1.165) is 19.1 Å². The molecule has 1 aliphatic heterocycles. The van der Waals surface area contributed by atoms with Crippen LogP contribution in [-0.4, -0.2) is 53.0 Å². The van der Waals surface area contributed by atoms with E-state index in [1.165, 1.54) is 31.2 Å². The van der Waals surface area contributed by atoms with Gasteiger partial charge in [0, 0.05) is 19.3 Å². The minimum absolute atomic E-state index is 0.0395. The van der Waals surface area contributed by atoms with Crippen molar-refractivity contribution in [2.45, 2.75) is 35.6 Å². The van der Waals surface area contributed by atoms with Gasteiger partial charge in [0.25, 0.3) is 0 Å². The zero-order chi connectivity index (χ0) is 17.3. The van der Waals surface area contributed by atoms with Gasteiger partial charge in [0.2, 0.25) is 15.9 Å². The molecule has 23 heavy (non-hydrogen) atoms. The molecule has 1 atom stereocenters. The van der Waals surface area contributed by atoms with Gasteiger partial charge in [0.05, 0.1) is 15.8 Å². The Morgan fingerprint density at radius 2 is 1.52 bits per heavy atom. The van der Waals surface area contributed by atoms with Crippen LogP contribution in [0.1, 0.15) is 19.8 Å². The van der Waals surface area contributed by atoms with E-state index in [4.69, 9.17) is 0 Å². The fourth-order valence-corrected chi connectivity index (χ4v) is 4.26. The highest BCUT2D eigenvalue weighted by Crippen LogP contribution is 2.15. The van der Waals surface area contributed by atoms with Crippen LogP contribution >= 0.6 is 0 Å². The first kappa shape index (κ1) is 17.9. The van der Waals surface area contributed by atoms with Gasteiger partial charge in [-0.15, -0.1) is 0 Å². The molecule has 1 heterocycles. The summed E-state index contributed by atoms with van der Waals surface area (Å²) in [7, 11) is -7.28. The molecule has 7 nitrogen and oxygen atoms in total. The molecule has 2 rings (SSSR count). The summed E-state index contributed by atoms with van der Waals surface area (Å²) in [5.41, 5.74) is 0. The first-order chi connectivity index (χ1) is 10.6. The lowest BCUT2D eigenvalue weighted by Gasteiger charge is -2.21. The Labute approximate surface area is 136 Å². The molecule has 9 heteroatoms. The number of nitrogens with zero attached hydrogens (tertiary/aromatic N) is 1. The number of likely N-dealkylation sites (tertiary alicyclic amines) is 1. The van der Waals surface area contributed by atoms with Crippen molar-refractivity contribution in [3.8, 4) is 0 Å². The van der Waals surface area contributed by atoms with E-state index in [-0.39, 0.29) is 15.7 Å². The van der Waals surface area contributed by atoms with Crippen LogP contribution in [0.3, 0.4) is 0 Å². The third-order valence-electron chi connectivity index (χ3n) is 3.68. The first-order valence-electron chi connectivity index (χ1n) is 7.22. The van der Waals surface area contributed by atoms with Crippen molar-refractivity contribution < 1.29 is 21.6 Å². The zero-order valence-electron chi connectivity index (χ0n) is 13.0. The molecule has 0 aliphatic carbocycles. The Balaban J connectivity index is 2.13. The van der Waals surface area contributed by atoms with Crippen molar-refractivity contribution in [3.05, 3.63) is 24.3 Å². The quantitative estimate of drug-likeness (QED) is 0.818. The molecule has 1 amide bonds. The molecule has 0 saturated carbocycles. The van der Waals surface area contributed by atoms with Gasteiger partial charge >= 0.3 is 0 Å². The van der Waals surface area contributed by atoms with Crippen molar-refractivity contribution in [3.63, 3.8) is 0 Å². The van der Waals surface area contributed by atoms with E-state index in [2.05, 4.69) is 4.72 Å². The summed E-state index contributed by atoms with van der Waals surface area (Å²) in [6.45, 7) is 2.80. The average molecular weight is 360 g/mol. The number of rotatable bonds is 5. The van der Waals surface area contributed by atoms with Gasteiger partial charge in [0.1, 0.15) is 0 Å². The van der Waals surface area contributed by atoms with Crippen LogP contribution in [0, 0.1) is 0 Å². The third-order valence-corrected chi connectivity index (χ3v) is 6.37.